The predicted molar refractivity (Wildman–Crippen MR) is 64.5 cm³/mol. The molecule has 1 aromatic carbocycles. The van der Waals surface area contributed by atoms with Crippen LogP contribution < -0.4 is 0 Å². The molecule has 0 saturated carbocycles. The monoisotopic (exact) mass is 236 g/mol. The van der Waals surface area contributed by atoms with E-state index in [2.05, 4.69) is 0 Å². The molecule has 2 nitrogen and oxygen atoms in total. The van der Waals surface area contributed by atoms with Gasteiger partial charge in [-0.25, -0.2) is 0 Å². The number of carbonyl (C=O) groups is 1. The highest BCUT2D eigenvalue weighted by molar-refractivity contribution is 6.31. The molecule has 16 heavy (non-hydrogen) atoms. The second kappa shape index (κ2) is 3.63. The highest BCUT2D eigenvalue weighted by Gasteiger charge is 2.34. The molecule has 1 aromatic rings. The molecule has 0 atom stereocenters. The van der Waals surface area contributed by atoms with E-state index in [9.17, 15) is 9.90 Å². The minimum atomic E-state index is -0.831. The van der Waals surface area contributed by atoms with Gasteiger partial charge in [0.2, 0.25) is 0 Å². The predicted octanol–water partition coefficient (Wildman–Crippen LogP) is 3.39. The van der Waals surface area contributed by atoms with Crippen molar-refractivity contribution >= 4 is 23.6 Å². The van der Waals surface area contributed by atoms with Gasteiger partial charge in [0.1, 0.15) is 0 Å². The summed E-state index contributed by atoms with van der Waals surface area (Å²) in [7, 11) is 0. The van der Waals surface area contributed by atoms with E-state index in [0.717, 1.165) is 16.7 Å². The molecule has 3 heteroatoms. The molecule has 0 fully saturated rings. The fourth-order valence-corrected chi connectivity index (χ4v) is 2.11. The van der Waals surface area contributed by atoms with Crippen LogP contribution in [0.4, 0.5) is 0 Å². The van der Waals surface area contributed by atoms with Crippen molar-refractivity contribution in [3.05, 3.63) is 39.9 Å². The number of rotatable bonds is 2. The summed E-state index contributed by atoms with van der Waals surface area (Å²) in [6.07, 6.45) is 2.57. The average Bonchev–Trinajstić information content (AvgIpc) is 2.63. The van der Waals surface area contributed by atoms with E-state index in [0.29, 0.717) is 11.4 Å². The third kappa shape index (κ3) is 1.63. The Bertz CT molecular complexity index is 487. The molecule has 0 amide bonds. The number of fused-ring (bicyclic) bond motifs is 1. The van der Waals surface area contributed by atoms with Crippen molar-refractivity contribution in [2.75, 3.05) is 0 Å². The zero-order valence-corrected chi connectivity index (χ0v) is 10.0. The largest absolute Gasteiger partial charge is 0.481 e. The lowest BCUT2D eigenvalue weighted by molar-refractivity contribution is -0.144. The normalized spacial score (nSPS) is 14.6. The zero-order valence-electron chi connectivity index (χ0n) is 9.25. The van der Waals surface area contributed by atoms with Crippen molar-refractivity contribution in [3.63, 3.8) is 0 Å². The van der Waals surface area contributed by atoms with Crippen molar-refractivity contribution < 1.29 is 9.90 Å². The Hall–Kier alpha value is -1.28. The summed E-state index contributed by atoms with van der Waals surface area (Å²) in [5.41, 5.74) is 2.15. The van der Waals surface area contributed by atoms with Crippen LogP contribution in [-0.4, -0.2) is 11.1 Å². The van der Waals surface area contributed by atoms with Gasteiger partial charge >= 0.3 is 5.97 Å². The summed E-state index contributed by atoms with van der Waals surface area (Å²) >= 11 is 6.08. The van der Waals surface area contributed by atoms with Crippen LogP contribution in [0.1, 0.15) is 25.0 Å². The van der Waals surface area contributed by atoms with E-state index in [4.69, 9.17) is 11.6 Å². The maximum Gasteiger partial charge on any atom is 0.313 e. The van der Waals surface area contributed by atoms with E-state index < -0.39 is 11.4 Å². The van der Waals surface area contributed by atoms with Gasteiger partial charge in [0.25, 0.3) is 0 Å². The van der Waals surface area contributed by atoms with Gasteiger partial charge < -0.3 is 5.11 Å². The molecule has 0 unspecified atom stereocenters. The molecule has 2 rings (SSSR count). The molecule has 84 valence electrons. The standard InChI is InChI=1S/C13H13ClO2/c1-13(2,12(15)16)9-6-8-4-3-5-11(14)10(8)7-9/h3-6H,7H2,1-2H3,(H,15,16). The van der Waals surface area contributed by atoms with E-state index in [1.54, 1.807) is 13.8 Å². The number of halogens is 1. The molecule has 1 aliphatic carbocycles. The second-order valence-corrected chi connectivity index (χ2v) is 4.99. The summed E-state index contributed by atoms with van der Waals surface area (Å²) in [6.45, 7) is 3.45. The highest BCUT2D eigenvalue weighted by Crippen LogP contribution is 2.39. The molecule has 0 aromatic heterocycles. The van der Waals surface area contributed by atoms with Gasteiger partial charge in [-0.05, 0) is 43.0 Å². The van der Waals surface area contributed by atoms with Crippen LogP contribution >= 0.6 is 11.6 Å². The molecular weight excluding hydrogens is 224 g/mol. The number of carboxylic acid groups (broad SMARTS) is 1. The highest BCUT2D eigenvalue weighted by atomic mass is 35.5. The van der Waals surface area contributed by atoms with Crippen molar-refractivity contribution in [3.8, 4) is 0 Å². The Morgan fingerprint density at radius 2 is 2.12 bits per heavy atom. The van der Waals surface area contributed by atoms with Crippen LogP contribution in [0, 0.1) is 5.41 Å². The maximum atomic E-state index is 11.2. The van der Waals surface area contributed by atoms with Crippen LogP contribution in [0.15, 0.2) is 23.8 Å². The Morgan fingerprint density at radius 1 is 1.44 bits per heavy atom. The fraction of sp³-hybridized carbons (Fsp3) is 0.308. The lowest BCUT2D eigenvalue weighted by Crippen LogP contribution is -2.26. The Morgan fingerprint density at radius 3 is 2.69 bits per heavy atom. The molecule has 0 spiro atoms. The van der Waals surface area contributed by atoms with E-state index in [-0.39, 0.29) is 0 Å². The van der Waals surface area contributed by atoms with Gasteiger partial charge in [0, 0.05) is 5.02 Å². The quantitative estimate of drug-likeness (QED) is 0.855. The first-order valence-corrected chi connectivity index (χ1v) is 5.52. The van der Waals surface area contributed by atoms with Gasteiger partial charge in [-0.15, -0.1) is 0 Å². The number of hydrogen-bond acceptors (Lipinski definition) is 1. The third-order valence-electron chi connectivity index (χ3n) is 3.19. The summed E-state index contributed by atoms with van der Waals surface area (Å²) < 4.78 is 0. The topological polar surface area (TPSA) is 37.3 Å². The molecule has 1 N–H and O–H groups in total. The molecule has 1 aliphatic rings. The van der Waals surface area contributed by atoms with Gasteiger partial charge in [0.15, 0.2) is 0 Å². The number of carboxylic acids is 1. The average molecular weight is 237 g/mol. The van der Waals surface area contributed by atoms with E-state index in [1.165, 1.54) is 0 Å². The van der Waals surface area contributed by atoms with Crippen LogP contribution in [-0.2, 0) is 11.2 Å². The van der Waals surface area contributed by atoms with Crippen molar-refractivity contribution in [1.82, 2.24) is 0 Å². The fourth-order valence-electron chi connectivity index (χ4n) is 1.86. The van der Waals surface area contributed by atoms with Gasteiger partial charge in [-0.3, -0.25) is 4.79 Å². The van der Waals surface area contributed by atoms with Gasteiger partial charge in [0.05, 0.1) is 5.41 Å². The molecule has 0 saturated heterocycles. The molecule has 0 aliphatic heterocycles. The number of hydrogen-bond donors (Lipinski definition) is 1. The Kier molecular flexibility index (Phi) is 2.55. The van der Waals surface area contributed by atoms with Crippen LogP contribution in [0.5, 0.6) is 0 Å². The van der Waals surface area contributed by atoms with Crippen LogP contribution in [0.2, 0.25) is 5.02 Å². The summed E-state index contributed by atoms with van der Waals surface area (Å²) in [6, 6.07) is 5.69. The third-order valence-corrected chi connectivity index (χ3v) is 3.54. The summed E-state index contributed by atoms with van der Waals surface area (Å²) in [5.74, 6) is -0.803. The minimum Gasteiger partial charge on any atom is -0.481 e. The second-order valence-electron chi connectivity index (χ2n) is 4.58. The van der Waals surface area contributed by atoms with Gasteiger partial charge in [-0.2, -0.15) is 0 Å². The van der Waals surface area contributed by atoms with Crippen LogP contribution in [0.3, 0.4) is 0 Å². The van der Waals surface area contributed by atoms with Gasteiger partial charge in [-0.1, -0.05) is 29.8 Å². The molecule has 0 heterocycles. The smallest absolute Gasteiger partial charge is 0.313 e. The first-order valence-electron chi connectivity index (χ1n) is 5.15. The lowest BCUT2D eigenvalue weighted by atomic mass is 9.83. The molecular formula is C13H13ClO2. The van der Waals surface area contributed by atoms with Crippen molar-refractivity contribution in [1.29, 1.82) is 0 Å². The zero-order chi connectivity index (χ0) is 11.9. The first kappa shape index (κ1) is 11.2. The lowest BCUT2D eigenvalue weighted by Gasteiger charge is -2.20. The van der Waals surface area contributed by atoms with Crippen molar-refractivity contribution in [2.24, 2.45) is 5.41 Å². The Balaban J connectivity index is 2.41. The first-order chi connectivity index (χ1) is 7.43. The van der Waals surface area contributed by atoms with E-state index >= 15 is 0 Å². The minimum absolute atomic E-state index is 0.633. The Labute approximate surface area is 99.5 Å². The van der Waals surface area contributed by atoms with Crippen molar-refractivity contribution in [2.45, 2.75) is 20.3 Å². The SMILES string of the molecule is CC(C)(C(=O)O)C1=Cc2cccc(Cl)c2C1. The summed E-state index contributed by atoms with van der Waals surface area (Å²) in [4.78, 5) is 11.2. The summed E-state index contributed by atoms with van der Waals surface area (Å²) in [5, 5.41) is 9.89. The molecule has 0 radical (unpaired) electrons. The molecule has 0 bridgehead atoms. The van der Waals surface area contributed by atoms with Crippen LogP contribution in [0.25, 0.3) is 6.08 Å². The maximum absolute atomic E-state index is 11.2. The number of benzene rings is 1. The number of aliphatic carboxylic acids is 1. The van der Waals surface area contributed by atoms with E-state index in [1.807, 2.05) is 24.3 Å².